The summed E-state index contributed by atoms with van der Waals surface area (Å²) < 4.78 is 36.3. The van der Waals surface area contributed by atoms with Crippen molar-refractivity contribution < 1.29 is 83.7 Å². The average molecular weight is 1020 g/mol. The lowest BCUT2D eigenvalue weighted by Gasteiger charge is -2.71. The fourth-order valence-corrected chi connectivity index (χ4v) is 15.6. The van der Waals surface area contributed by atoms with Crippen LogP contribution in [0.15, 0.2) is 11.6 Å². The lowest BCUT2D eigenvalue weighted by atomic mass is 9.33. The van der Waals surface area contributed by atoms with Crippen molar-refractivity contribution in [3.63, 3.8) is 0 Å². The van der Waals surface area contributed by atoms with Gasteiger partial charge in [-0.3, -0.25) is 14.4 Å². The number of carbonyl (C=O) groups excluding carboxylic acids is 3. The van der Waals surface area contributed by atoms with Crippen LogP contribution in [-0.2, 0) is 42.8 Å². The van der Waals surface area contributed by atoms with Gasteiger partial charge in [0, 0.05) is 18.3 Å². The molecule has 0 spiro atoms. The Labute approximate surface area is 423 Å². The molecule has 19 nitrogen and oxygen atoms in total. The van der Waals surface area contributed by atoms with Gasteiger partial charge in [0.2, 0.25) is 12.2 Å². The van der Waals surface area contributed by atoms with Gasteiger partial charge in [0.05, 0.1) is 31.5 Å². The summed E-state index contributed by atoms with van der Waals surface area (Å²) in [5, 5.41) is 92.5. The Kier molecular flexibility index (Phi) is 16.0. The number of fused-ring (bicyclic) bond motifs is 7. The molecule has 3 heterocycles. The third-order valence-electron chi connectivity index (χ3n) is 20.1. The summed E-state index contributed by atoms with van der Waals surface area (Å²) in [5.74, 6) is -0.949. The van der Waals surface area contributed by atoms with E-state index < -0.39 is 133 Å². The standard InChI is InChI=1S/C53H86N2O17/c1-26-42(70-44-40(64)37(61)29(57)25-67-44)39(63)41(65)45(68-26)71-43-38(62)36(55-35(60)12-10-9-11-21-54)30(24-56)69-46(43)72-47(66)53-20-19-48(2,3)22-28(53)27-13-14-32-50(6)17-16-33(58)49(4,5)31(50)15-18-51(32,7)52(27,8)23-34(53)59/h13,26,28-32,34,36-46,56-57,59,61-65H,9-12,14-25,54H2,1-8H3,(H,55,60)/t26-,28-,29+,30+,31-,32+,34+,36-,37-,38-,39-,40+,41+,42-,43+,44-,45-,46-,50-,51+,52+,53+/m0/s1. The minimum absolute atomic E-state index is 0.0699. The van der Waals surface area contributed by atoms with E-state index in [1.54, 1.807) is 0 Å². The maximum absolute atomic E-state index is 15.6. The molecule has 0 radical (unpaired) electrons. The van der Waals surface area contributed by atoms with Gasteiger partial charge in [-0.2, -0.15) is 0 Å². The smallest absolute Gasteiger partial charge is 0.317 e. The number of aliphatic hydroxyl groups excluding tert-OH is 8. The van der Waals surface area contributed by atoms with E-state index in [4.69, 9.17) is 34.2 Å². The summed E-state index contributed by atoms with van der Waals surface area (Å²) in [4.78, 5) is 42.3. The van der Waals surface area contributed by atoms with Crippen molar-refractivity contribution in [2.75, 3.05) is 19.8 Å². The molecule has 0 aromatic rings. The highest BCUT2D eigenvalue weighted by Gasteiger charge is 2.72. The Bertz CT molecular complexity index is 2020. The summed E-state index contributed by atoms with van der Waals surface area (Å²) in [5.41, 5.74) is 3.72. The highest BCUT2D eigenvalue weighted by molar-refractivity contribution is 5.85. The number of allylic oxidation sites excluding steroid dienone is 2. The van der Waals surface area contributed by atoms with Gasteiger partial charge in [-0.25, -0.2) is 0 Å². The summed E-state index contributed by atoms with van der Waals surface area (Å²) in [6, 6.07) is -1.32. The molecule has 5 aliphatic carbocycles. The Morgan fingerprint density at radius 2 is 1.49 bits per heavy atom. The fourth-order valence-electron chi connectivity index (χ4n) is 15.6. The van der Waals surface area contributed by atoms with Crippen molar-refractivity contribution in [3.05, 3.63) is 11.6 Å². The number of unbranched alkanes of at least 4 members (excludes halogenated alkanes) is 2. The Morgan fingerprint density at radius 1 is 0.792 bits per heavy atom. The lowest BCUT2D eigenvalue weighted by molar-refractivity contribution is -0.370. The van der Waals surface area contributed by atoms with Crippen LogP contribution in [-0.4, -0.2) is 170 Å². The second kappa shape index (κ2) is 20.6. The van der Waals surface area contributed by atoms with Crippen LogP contribution >= 0.6 is 0 Å². The highest BCUT2D eigenvalue weighted by atomic mass is 16.8. The molecule has 3 saturated heterocycles. The van der Waals surface area contributed by atoms with Crippen LogP contribution in [0, 0.1) is 50.2 Å². The molecular formula is C53H86N2O17. The van der Waals surface area contributed by atoms with Gasteiger partial charge in [0.15, 0.2) is 18.7 Å². The van der Waals surface area contributed by atoms with Crippen LogP contribution in [0.1, 0.15) is 139 Å². The van der Waals surface area contributed by atoms with Crippen molar-refractivity contribution in [1.82, 2.24) is 5.32 Å². The number of nitrogens with one attached hydrogen (secondary N) is 1. The molecule has 4 saturated carbocycles. The molecule has 72 heavy (non-hydrogen) atoms. The quantitative estimate of drug-likeness (QED) is 0.0712. The first-order valence-electron chi connectivity index (χ1n) is 26.8. The monoisotopic (exact) mass is 1020 g/mol. The van der Waals surface area contributed by atoms with Crippen molar-refractivity contribution in [2.45, 2.75) is 231 Å². The molecular weight excluding hydrogens is 937 g/mol. The zero-order valence-corrected chi connectivity index (χ0v) is 43.6. The van der Waals surface area contributed by atoms with Crippen molar-refractivity contribution >= 4 is 17.7 Å². The van der Waals surface area contributed by atoms with E-state index >= 15 is 4.79 Å². The van der Waals surface area contributed by atoms with Crippen LogP contribution in [0.4, 0.5) is 0 Å². The minimum atomic E-state index is -1.92. The summed E-state index contributed by atoms with van der Waals surface area (Å²) in [6.07, 6.45) is -12.2. The molecule has 3 aliphatic heterocycles. The number of ketones is 1. The number of rotatable bonds is 13. The van der Waals surface area contributed by atoms with E-state index in [1.165, 1.54) is 6.92 Å². The first-order valence-corrected chi connectivity index (χ1v) is 26.8. The molecule has 410 valence electrons. The van der Waals surface area contributed by atoms with E-state index in [0.717, 1.165) is 31.3 Å². The van der Waals surface area contributed by atoms with Crippen molar-refractivity contribution in [1.29, 1.82) is 0 Å². The molecule has 0 unspecified atom stereocenters. The third kappa shape index (κ3) is 9.36. The zero-order chi connectivity index (χ0) is 52.7. The van der Waals surface area contributed by atoms with E-state index in [-0.39, 0.29) is 54.0 Å². The average Bonchev–Trinajstić information content (AvgIpc) is 3.31. The number of carbonyl (C=O) groups is 3. The number of aliphatic hydroxyl groups is 8. The summed E-state index contributed by atoms with van der Waals surface area (Å²) in [6.45, 7) is 16.4. The number of Topliss-reactive ketones (excluding diaryl/α,β-unsaturated/α-hetero) is 1. The van der Waals surface area contributed by atoms with Crippen molar-refractivity contribution in [2.24, 2.45) is 56.0 Å². The Balaban J connectivity index is 1.09. The van der Waals surface area contributed by atoms with E-state index in [2.05, 4.69) is 59.9 Å². The van der Waals surface area contributed by atoms with Crippen LogP contribution in [0.5, 0.6) is 0 Å². The van der Waals surface area contributed by atoms with Crippen LogP contribution in [0.25, 0.3) is 0 Å². The number of ether oxygens (including phenoxy) is 6. The fraction of sp³-hybridized carbons (Fsp3) is 0.906. The largest absolute Gasteiger partial charge is 0.432 e. The minimum Gasteiger partial charge on any atom is -0.432 e. The van der Waals surface area contributed by atoms with Crippen LogP contribution < -0.4 is 11.1 Å². The van der Waals surface area contributed by atoms with E-state index in [0.29, 0.717) is 50.9 Å². The normalized spacial score (nSPS) is 48.7. The molecule has 0 aromatic heterocycles. The number of hydrogen-bond acceptors (Lipinski definition) is 18. The van der Waals surface area contributed by atoms with E-state index in [9.17, 15) is 50.4 Å². The molecule has 11 N–H and O–H groups in total. The van der Waals surface area contributed by atoms with Gasteiger partial charge in [0.25, 0.3) is 0 Å². The summed E-state index contributed by atoms with van der Waals surface area (Å²) >= 11 is 0. The van der Waals surface area contributed by atoms with Gasteiger partial charge in [-0.05, 0) is 117 Å². The van der Waals surface area contributed by atoms with Crippen molar-refractivity contribution in [3.8, 4) is 0 Å². The van der Waals surface area contributed by atoms with Gasteiger partial charge in [-0.15, -0.1) is 0 Å². The van der Waals surface area contributed by atoms with Gasteiger partial charge < -0.3 is 80.3 Å². The predicted molar refractivity (Wildman–Crippen MR) is 257 cm³/mol. The molecule has 0 bridgehead atoms. The lowest BCUT2D eigenvalue weighted by Crippen LogP contribution is -2.69. The van der Waals surface area contributed by atoms with E-state index in [1.807, 2.05) is 0 Å². The first kappa shape index (κ1) is 56.0. The second-order valence-electron chi connectivity index (χ2n) is 25.1. The molecule has 19 heteroatoms. The molecule has 22 atom stereocenters. The van der Waals surface area contributed by atoms with Gasteiger partial charge in [-0.1, -0.05) is 66.5 Å². The zero-order valence-electron chi connectivity index (χ0n) is 43.6. The predicted octanol–water partition coefficient (Wildman–Crippen LogP) is 1.63. The Morgan fingerprint density at radius 3 is 2.18 bits per heavy atom. The molecule has 1 amide bonds. The third-order valence-corrected chi connectivity index (χ3v) is 20.1. The second-order valence-corrected chi connectivity index (χ2v) is 25.1. The first-order chi connectivity index (χ1) is 33.7. The number of nitrogens with two attached hydrogens (primary N) is 1. The maximum Gasteiger partial charge on any atom is 0.317 e. The van der Waals surface area contributed by atoms with Crippen LogP contribution in [0.2, 0.25) is 0 Å². The SMILES string of the molecule is C[C@@H]1O[C@@H](O[C@H]2[C@H](OC(=O)[C@]34CCC(C)(C)C[C@H]3C3=CC[C@@H]5[C@@]6(C)CCC(=O)C(C)(C)[C@@H]6CC[C@@]5(C)[C@]3(C)C[C@H]4O)O[C@H](CO)[C@H](NC(=O)CCCCCN)[C@@H]2O)[C@H](O)[C@H](O)[C@H]1O[C@@H]1OC[C@@H](O)[C@H](O)[C@H]1O. The number of amides is 1. The van der Waals surface area contributed by atoms with Crippen LogP contribution in [0.3, 0.4) is 0 Å². The van der Waals surface area contributed by atoms with Gasteiger partial charge in [0.1, 0.15) is 60.0 Å². The topological polar surface area (TPSA) is 306 Å². The molecule has 0 aromatic carbocycles. The molecule has 7 fully saturated rings. The maximum atomic E-state index is 15.6. The Hall–Kier alpha value is -2.21. The molecule has 8 rings (SSSR count). The highest BCUT2D eigenvalue weighted by Crippen LogP contribution is 2.75. The van der Waals surface area contributed by atoms with Gasteiger partial charge >= 0.3 is 5.97 Å². The number of esters is 1. The molecule has 8 aliphatic rings. The summed E-state index contributed by atoms with van der Waals surface area (Å²) in [7, 11) is 0. The number of hydrogen-bond donors (Lipinski definition) is 10.